The average molecular weight is 553 g/mol. The molecule has 5 rings (SSSR count). The molecule has 0 spiro atoms. The van der Waals surface area contributed by atoms with Gasteiger partial charge in [-0.05, 0) is 60.2 Å². The number of methoxy groups -OCH3 is 1. The van der Waals surface area contributed by atoms with Gasteiger partial charge >= 0.3 is 0 Å². The number of carbonyl (C=O) groups excluding carboxylic acids is 1. The topological polar surface area (TPSA) is 69.0 Å². The smallest absolute Gasteiger partial charge is 0.295 e. The van der Waals surface area contributed by atoms with Crippen molar-refractivity contribution >= 4 is 50.1 Å². The summed E-state index contributed by atoms with van der Waals surface area (Å²) in [6.45, 7) is 3.98. The molecule has 35 heavy (non-hydrogen) atoms. The fourth-order valence-corrected chi connectivity index (χ4v) is 4.69. The number of carbonyl (C=O) groups is 1. The molecule has 6 nitrogen and oxygen atoms in total. The predicted octanol–water partition coefficient (Wildman–Crippen LogP) is 6.53. The molecule has 0 saturated carbocycles. The van der Waals surface area contributed by atoms with Crippen LogP contribution in [-0.4, -0.2) is 19.6 Å². The molecular weight excluding hydrogens is 534 g/mol. The van der Waals surface area contributed by atoms with Crippen LogP contribution in [0, 0.1) is 0 Å². The lowest BCUT2D eigenvalue weighted by molar-refractivity contribution is 0.0971. The third kappa shape index (κ3) is 4.00. The van der Waals surface area contributed by atoms with Crippen LogP contribution in [-0.2, 0) is 0 Å². The number of nitrogens with zero attached hydrogens (tertiary/aromatic N) is 1. The zero-order valence-corrected chi connectivity index (χ0v) is 20.9. The Bertz CT molecular complexity index is 1530. The van der Waals surface area contributed by atoms with Gasteiger partial charge < -0.3 is 13.9 Å². The number of amides is 1. The maximum Gasteiger partial charge on any atom is 0.295 e. The van der Waals surface area contributed by atoms with Crippen molar-refractivity contribution in [2.24, 2.45) is 0 Å². The van der Waals surface area contributed by atoms with Gasteiger partial charge in [-0.15, -0.1) is 0 Å². The zero-order valence-electron chi connectivity index (χ0n) is 18.6. The minimum Gasteiger partial charge on any atom is -0.493 e. The molecule has 0 fully saturated rings. The van der Waals surface area contributed by atoms with E-state index in [4.69, 9.17) is 25.5 Å². The van der Waals surface area contributed by atoms with Crippen LogP contribution in [0.5, 0.6) is 11.5 Å². The lowest BCUT2D eigenvalue weighted by Gasteiger charge is -2.26. The van der Waals surface area contributed by atoms with Crippen LogP contribution < -0.4 is 19.8 Å². The first-order valence-corrected chi connectivity index (χ1v) is 11.9. The second-order valence-corrected chi connectivity index (χ2v) is 9.23. The first-order valence-electron chi connectivity index (χ1n) is 10.7. The van der Waals surface area contributed by atoms with Gasteiger partial charge in [-0.2, -0.15) is 0 Å². The van der Waals surface area contributed by atoms with Gasteiger partial charge in [-0.3, -0.25) is 14.5 Å². The van der Waals surface area contributed by atoms with Gasteiger partial charge in [-0.25, -0.2) is 0 Å². The summed E-state index contributed by atoms with van der Waals surface area (Å²) in [4.78, 5) is 29.0. The van der Waals surface area contributed by atoms with Crippen LogP contribution in [0.1, 0.15) is 27.7 Å². The Labute approximate surface area is 214 Å². The predicted molar refractivity (Wildman–Crippen MR) is 139 cm³/mol. The van der Waals surface area contributed by atoms with Gasteiger partial charge in [0.25, 0.3) is 5.91 Å². The van der Waals surface area contributed by atoms with E-state index in [-0.39, 0.29) is 16.8 Å². The molecule has 176 valence electrons. The molecule has 1 amide bonds. The molecule has 0 saturated heterocycles. The van der Waals surface area contributed by atoms with E-state index in [0.717, 1.165) is 4.47 Å². The summed E-state index contributed by atoms with van der Waals surface area (Å²) in [5, 5.41) is 0.713. The molecule has 1 unspecified atom stereocenters. The highest BCUT2D eigenvalue weighted by Crippen LogP contribution is 2.43. The SMILES string of the molecule is C=CCOc1ccc(C2c3c(oc4ccc(Cl)cc4c3=O)C(=O)N2c2ccc(Br)cc2)cc1OC. The number of rotatable bonds is 6. The summed E-state index contributed by atoms with van der Waals surface area (Å²) in [6.07, 6.45) is 1.63. The number of halogens is 2. The van der Waals surface area contributed by atoms with Crippen LogP contribution in [0.25, 0.3) is 11.0 Å². The Balaban J connectivity index is 1.76. The van der Waals surface area contributed by atoms with Crippen molar-refractivity contribution in [3.8, 4) is 11.5 Å². The van der Waals surface area contributed by atoms with E-state index >= 15 is 0 Å². The molecule has 0 aliphatic carbocycles. The molecule has 2 heterocycles. The Morgan fingerprint density at radius 1 is 1.09 bits per heavy atom. The standard InChI is InChI=1S/C27H19BrClNO5/c1-3-12-34-21-10-4-15(13-22(21)33-2)24-23-25(31)19-14-17(29)7-11-20(19)35-26(23)27(32)30(24)18-8-5-16(28)6-9-18/h3-11,13-14,24H,1,12H2,2H3. The van der Waals surface area contributed by atoms with Crippen molar-refractivity contribution in [1.82, 2.24) is 0 Å². The summed E-state index contributed by atoms with van der Waals surface area (Å²) >= 11 is 9.59. The van der Waals surface area contributed by atoms with Crippen molar-refractivity contribution in [2.45, 2.75) is 6.04 Å². The fraction of sp³-hybridized carbons (Fsp3) is 0.111. The van der Waals surface area contributed by atoms with Crippen molar-refractivity contribution in [3.63, 3.8) is 0 Å². The lowest BCUT2D eigenvalue weighted by Crippen LogP contribution is -2.29. The zero-order chi connectivity index (χ0) is 24.7. The molecule has 4 aromatic rings. The summed E-state index contributed by atoms with van der Waals surface area (Å²) in [6, 6.07) is 16.6. The van der Waals surface area contributed by atoms with Crippen molar-refractivity contribution < 1.29 is 18.7 Å². The van der Waals surface area contributed by atoms with Crippen LogP contribution in [0.4, 0.5) is 5.69 Å². The van der Waals surface area contributed by atoms with E-state index in [9.17, 15) is 9.59 Å². The molecule has 0 bridgehead atoms. The molecule has 0 radical (unpaired) electrons. The number of hydrogen-bond acceptors (Lipinski definition) is 5. The maximum absolute atomic E-state index is 13.7. The minimum atomic E-state index is -0.749. The number of benzene rings is 3. The largest absolute Gasteiger partial charge is 0.493 e. The molecule has 8 heteroatoms. The van der Waals surface area contributed by atoms with E-state index in [2.05, 4.69) is 22.5 Å². The first-order chi connectivity index (χ1) is 16.9. The van der Waals surface area contributed by atoms with Crippen molar-refractivity contribution in [3.05, 3.63) is 110 Å². The van der Waals surface area contributed by atoms with Crippen molar-refractivity contribution in [1.29, 1.82) is 0 Å². The van der Waals surface area contributed by atoms with E-state index < -0.39 is 11.9 Å². The number of ether oxygens (including phenoxy) is 2. The third-order valence-corrected chi connectivity index (χ3v) is 6.56. The summed E-state index contributed by atoms with van der Waals surface area (Å²) in [5.41, 5.74) is 1.51. The highest BCUT2D eigenvalue weighted by Gasteiger charge is 2.44. The Hall–Kier alpha value is -3.55. The molecule has 0 N–H and O–H groups in total. The molecule has 1 aliphatic heterocycles. The van der Waals surface area contributed by atoms with Crippen LogP contribution in [0.3, 0.4) is 0 Å². The van der Waals surface area contributed by atoms with Gasteiger partial charge in [0.1, 0.15) is 12.2 Å². The number of fused-ring (bicyclic) bond motifs is 2. The van der Waals surface area contributed by atoms with Crippen LogP contribution in [0.2, 0.25) is 5.02 Å². The Kier molecular flexibility index (Phi) is 6.13. The molecular formula is C27H19BrClNO5. The summed E-state index contributed by atoms with van der Waals surface area (Å²) in [7, 11) is 1.53. The summed E-state index contributed by atoms with van der Waals surface area (Å²) < 4.78 is 18.1. The van der Waals surface area contributed by atoms with Crippen LogP contribution in [0.15, 0.2) is 87.0 Å². The van der Waals surface area contributed by atoms with E-state index in [1.165, 1.54) is 7.11 Å². The Morgan fingerprint density at radius 2 is 1.86 bits per heavy atom. The number of anilines is 1. The lowest BCUT2D eigenvalue weighted by atomic mass is 9.97. The average Bonchev–Trinajstić information content (AvgIpc) is 3.16. The highest BCUT2D eigenvalue weighted by atomic mass is 79.9. The molecule has 1 aromatic heterocycles. The van der Waals surface area contributed by atoms with E-state index in [1.807, 2.05) is 12.1 Å². The third-order valence-electron chi connectivity index (χ3n) is 5.80. The van der Waals surface area contributed by atoms with Gasteiger partial charge in [-0.1, -0.05) is 46.3 Å². The van der Waals surface area contributed by atoms with Gasteiger partial charge in [0.2, 0.25) is 5.76 Å². The quantitative estimate of drug-likeness (QED) is 0.254. The van der Waals surface area contributed by atoms with E-state index in [1.54, 1.807) is 59.5 Å². The van der Waals surface area contributed by atoms with Gasteiger partial charge in [0.15, 0.2) is 16.9 Å². The van der Waals surface area contributed by atoms with Crippen LogP contribution >= 0.6 is 27.5 Å². The second-order valence-electron chi connectivity index (χ2n) is 7.88. The molecule has 1 atom stereocenters. The summed E-state index contributed by atoms with van der Waals surface area (Å²) in [5.74, 6) is 0.582. The van der Waals surface area contributed by atoms with Gasteiger partial charge in [0.05, 0.1) is 24.1 Å². The fourth-order valence-electron chi connectivity index (χ4n) is 4.25. The molecule has 3 aromatic carbocycles. The number of hydrogen-bond donors (Lipinski definition) is 0. The minimum absolute atomic E-state index is 0.00342. The monoisotopic (exact) mass is 551 g/mol. The van der Waals surface area contributed by atoms with Crippen molar-refractivity contribution in [2.75, 3.05) is 18.6 Å². The first kappa shape index (κ1) is 23.2. The normalized spacial score (nSPS) is 14.8. The highest BCUT2D eigenvalue weighted by molar-refractivity contribution is 9.10. The Morgan fingerprint density at radius 3 is 2.57 bits per heavy atom. The van der Waals surface area contributed by atoms with E-state index in [0.29, 0.717) is 45.3 Å². The maximum atomic E-state index is 13.7. The van der Waals surface area contributed by atoms with Gasteiger partial charge in [0, 0.05) is 15.2 Å². The second kappa shape index (κ2) is 9.24. The molecule has 1 aliphatic rings.